The van der Waals surface area contributed by atoms with Gasteiger partial charge in [-0.3, -0.25) is 0 Å². The summed E-state index contributed by atoms with van der Waals surface area (Å²) < 4.78 is 4.94. The van der Waals surface area contributed by atoms with Crippen LogP contribution in [0.4, 0.5) is 0 Å². The lowest BCUT2D eigenvalue weighted by molar-refractivity contribution is 0.0685. The van der Waals surface area contributed by atoms with Gasteiger partial charge in [0, 0.05) is 26.7 Å². The van der Waals surface area contributed by atoms with Gasteiger partial charge < -0.3 is 15.4 Å². The van der Waals surface area contributed by atoms with E-state index < -0.39 is 0 Å². The first-order valence-corrected chi connectivity index (χ1v) is 3.78. The standard InChI is InChI=1S/C7H16N2O.2ClH/c1-10-3-2-9-5-7(4-8)6-9;;/h7H,2-6,8H2,1H3;2*1H. The first kappa shape index (κ1) is 15.0. The van der Waals surface area contributed by atoms with Crippen molar-refractivity contribution in [2.24, 2.45) is 11.7 Å². The van der Waals surface area contributed by atoms with E-state index in [4.69, 9.17) is 10.5 Å². The lowest BCUT2D eigenvalue weighted by Gasteiger charge is -2.38. The molecule has 3 nitrogen and oxygen atoms in total. The summed E-state index contributed by atoms with van der Waals surface area (Å²) in [6.45, 7) is 5.08. The van der Waals surface area contributed by atoms with Gasteiger partial charge in [0.1, 0.15) is 0 Å². The largest absolute Gasteiger partial charge is 0.383 e. The Hall–Kier alpha value is 0.460. The Bertz CT molecular complexity index is 96.7. The number of rotatable bonds is 4. The maximum absolute atomic E-state index is 5.47. The Morgan fingerprint density at radius 2 is 2.00 bits per heavy atom. The van der Waals surface area contributed by atoms with Crippen molar-refractivity contribution in [2.75, 3.05) is 39.9 Å². The molecule has 0 aromatic heterocycles. The number of nitrogens with zero attached hydrogens (tertiary/aromatic N) is 1. The smallest absolute Gasteiger partial charge is 0.0589 e. The minimum atomic E-state index is 0. The van der Waals surface area contributed by atoms with Crippen LogP contribution >= 0.6 is 24.8 Å². The van der Waals surface area contributed by atoms with Gasteiger partial charge in [0.05, 0.1) is 6.61 Å². The summed E-state index contributed by atoms with van der Waals surface area (Å²) in [4.78, 5) is 2.36. The molecule has 0 bridgehead atoms. The van der Waals surface area contributed by atoms with Gasteiger partial charge in [0.15, 0.2) is 0 Å². The van der Waals surface area contributed by atoms with Gasteiger partial charge in [0.2, 0.25) is 0 Å². The molecular formula is C7H18Cl2N2O. The summed E-state index contributed by atoms with van der Waals surface area (Å²) in [5, 5.41) is 0. The first-order valence-electron chi connectivity index (χ1n) is 3.78. The molecule has 0 saturated carbocycles. The number of methoxy groups -OCH3 is 1. The molecule has 1 fully saturated rings. The zero-order valence-electron chi connectivity index (χ0n) is 7.36. The van der Waals surface area contributed by atoms with E-state index in [2.05, 4.69) is 4.90 Å². The fourth-order valence-corrected chi connectivity index (χ4v) is 1.23. The quantitative estimate of drug-likeness (QED) is 0.739. The van der Waals surface area contributed by atoms with E-state index in [9.17, 15) is 0 Å². The zero-order valence-corrected chi connectivity index (χ0v) is 9.00. The fraction of sp³-hybridized carbons (Fsp3) is 1.00. The first-order chi connectivity index (χ1) is 4.86. The second-order valence-electron chi connectivity index (χ2n) is 2.85. The SMILES string of the molecule is COCCN1CC(CN)C1.Cl.Cl. The van der Waals surface area contributed by atoms with Crippen molar-refractivity contribution in [3.63, 3.8) is 0 Å². The van der Waals surface area contributed by atoms with Crippen molar-refractivity contribution >= 4 is 24.8 Å². The van der Waals surface area contributed by atoms with E-state index in [0.29, 0.717) is 0 Å². The van der Waals surface area contributed by atoms with Gasteiger partial charge in [0.25, 0.3) is 0 Å². The molecule has 0 radical (unpaired) electrons. The van der Waals surface area contributed by atoms with Crippen LogP contribution < -0.4 is 5.73 Å². The van der Waals surface area contributed by atoms with Crippen molar-refractivity contribution in [3.05, 3.63) is 0 Å². The molecule has 0 aliphatic carbocycles. The zero-order chi connectivity index (χ0) is 7.40. The highest BCUT2D eigenvalue weighted by atomic mass is 35.5. The average molecular weight is 217 g/mol. The van der Waals surface area contributed by atoms with Crippen LogP contribution in [0.3, 0.4) is 0 Å². The van der Waals surface area contributed by atoms with E-state index in [0.717, 1.165) is 25.6 Å². The third kappa shape index (κ3) is 4.48. The molecule has 0 spiro atoms. The van der Waals surface area contributed by atoms with Crippen LogP contribution in [-0.4, -0.2) is 44.8 Å². The second kappa shape index (κ2) is 8.08. The molecule has 0 aromatic rings. The predicted octanol–water partition coefficient (Wildman–Crippen LogP) is 0.367. The van der Waals surface area contributed by atoms with E-state index in [1.807, 2.05) is 0 Å². The van der Waals surface area contributed by atoms with Gasteiger partial charge in [-0.15, -0.1) is 24.8 Å². The topological polar surface area (TPSA) is 38.5 Å². The molecule has 0 unspecified atom stereocenters. The van der Waals surface area contributed by atoms with E-state index in [-0.39, 0.29) is 24.8 Å². The highest BCUT2D eigenvalue weighted by molar-refractivity contribution is 5.85. The normalized spacial score (nSPS) is 17.5. The Morgan fingerprint density at radius 1 is 1.42 bits per heavy atom. The summed E-state index contributed by atoms with van der Waals surface area (Å²) in [7, 11) is 1.74. The molecule has 76 valence electrons. The van der Waals surface area contributed by atoms with Crippen LogP contribution in [0.15, 0.2) is 0 Å². The molecule has 5 heteroatoms. The monoisotopic (exact) mass is 216 g/mol. The summed E-state index contributed by atoms with van der Waals surface area (Å²) >= 11 is 0. The van der Waals surface area contributed by atoms with E-state index in [1.165, 1.54) is 13.1 Å². The molecule has 1 heterocycles. The second-order valence-corrected chi connectivity index (χ2v) is 2.85. The highest BCUT2D eigenvalue weighted by Gasteiger charge is 2.23. The fourth-order valence-electron chi connectivity index (χ4n) is 1.23. The van der Waals surface area contributed by atoms with Gasteiger partial charge in [-0.25, -0.2) is 0 Å². The lowest BCUT2D eigenvalue weighted by atomic mass is 10.0. The number of nitrogens with two attached hydrogens (primary N) is 1. The molecular weight excluding hydrogens is 199 g/mol. The van der Waals surface area contributed by atoms with Crippen LogP contribution in [0.5, 0.6) is 0 Å². The highest BCUT2D eigenvalue weighted by Crippen LogP contribution is 2.12. The van der Waals surface area contributed by atoms with E-state index >= 15 is 0 Å². The maximum Gasteiger partial charge on any atom is 0.0589 e. The summed E-state index contributed by atoms with van der Waals surface area (Å²) in [6, 6.07) is 0. The molecule has 12 heavy (non-hydrogen) atoms. The molecule has 1 aliphatic rings. The van der Waals surface area contributed by atoms with Crippen molar-refractivity contribution in [3.8, 4) is 0 Å². The Labute approximate surface area is 86.4 Å². The van der Waals surface area contributed by atoms with Crippen molar-refractivity contribution in [1.29, 1.82) is 0 Å². The Morgan fingerprint density at radius 3 is 2.42 bits per heavy atom. The van der Waals surface area contributed by atoms with Crippen molar-refractivity contribution in [1.82, 2.24) is 4.90 Å². The average Bonchev–Trinajstić information content (AvgIpc) is 1.86. The Balaban J connectivity index is 0. The summed E-state index contributed by atoms with van der Waals surface area (Å²) in [5.41, 5.74) is 5.47. The molecule has 0 amide bonds. The molecule has 0 aromatic carbocycles. The lowest BCUT2D eigenvalue weighted by Crippen LogP contribution is -2.50. The van der Waals surface area contributed by atoms with Crippen LogP contribution in [-0.2, 0) is 4.74 Å². The molecule has 1 saturated heterocycles. The van der Waals surface area contributed by atoms with Gasteiger partial charge in [-0.05, 0) is 12.5 Å². The van der Waals surface area contributed by atoms with Crippen LogP contribution in [0.25, 0.3) is 0 Å². The number of likely N-dealkylation sites (tertiary alicyclic amines) is 1. The Kier molecular flexibility index (Phi) is 10.1. The molecule has 0 atom stereocenters. The van der Waals surface area contributed by atoms with Crippen LogP contribution in [0.2, 0.25) is 0 Å². The number of hydrogen-bond donors (Lipinski definition) is 1. The number of hydrogen-bond acceptors (Lipinski definition) is 3. The minimum Gasteiger partial charge on any atom is -0.383 e. The summed E-state index contributed by atoms with van der Waals surface area (Å²) in [5.74, 6) is 0.747. The van der Waals surface area contributed by atoms with Crippen LogP contribution in [0, 0.1) is 5.92 Å². The minimum absolute atomic E-state index is 0. The maximum atomic E-state index is 5.47. The molecule has 1 rings (SSSR count). The van der Waals surface area contributed by atoms with Crippen molar-refractivity contribution in [2.45, 2.75) is 0 Å². The van der Waals surface area contributed by atoms with Gasteiger partial charge in [-0.2, -0.15) is 0 Å². The van der Waals surface area contributed by atoms with E-state index in [1.54, 1.807) is 7.11 Å². The summed E-state index contributed by atoms with van der Waals surface area (Å²) in [6.07, 6.45) is 0. The third-order valence-electron chi connectivity index (χ3n) is 1.98. The van der Waals surface area contributed by atoms with Crippen molar-refractivity contribution < 1.29 is 4.74 Å². The van der Waals surface area contributed by atoms with Gasteiger partial charge in [-0.1, -0.05) is 0 Å². The molecule has 2 N–H and O–H groups in total. The third-order valence-corrected chi connectivity index (χ3v) is 1.98. The predicted molar refractivity (Wildman–Crippen MR) is 55.4 cm³/mol. The molecule has 1 aliphatic heterocycles. The number of halogens is 2. The number of ether oxygens (including phenoxy) is 1. The van der Waals surface area contributed by atoms with Crippen LogP contribution in [0.1, 0.15) is 0 Å². The van der Waals surface area contributed by atoms with Gasteiger partial charge >= 0.3 is 0 Å².